The molecule has 0 bridgehead atoms. The van der Waals surface area contributed by atoms with Gasteiger partial charge >= 0.3 is 5.97 Å². The van der Waals surface area contributed by atoms with Crippen LogP contribution in [0.4, 0.5) is 4.39 Å². The lowest BCUT2D eigenvalue weighted by atomic mass is 10.0. The van der Waals surface area contributed by atoms with Gasteiger partial charge in [-0.1, -0.05) is 60.7 Å². The molecular weight excluding hydrogens is 303 g/mol. The summed E-state index contributed by atoms with van der Waals surface area (Å²) in [6, 6.07) is 23.0. The van der Waals surface area contributed by atoms with E-state index in [0.717, 1.165) is 5.56 Å². The molecule has 0 fully saturated rings. The summed E-state index contributed by atoms with van der Waals surface area (Å²) in [5.74, 6) is -0.369. The van der Waals surface area contributed by atoms with Crippen LogP contribution in [0.2, 0.25) is 0 Å². The minimum atomic E-state index is -0.506. The zero-order chi connectivity index (χ0) is 16.8. The van der Waals surface area contributed by atoms with Gasteiger partial charge in [-0.05, 0) is 35.4 Å². The minimum absolute atomic E-state index is 0.334. The molecule has 2 nitrogen and oxygen atoms in total. The molecule has 0 spiro atoms. The van der Waals surface area contributed by atoms with Crippen molar-refractivity contribution in [3.05, 3.63) is 96.3 Å². The van der Waals surface area contributed by atoms with Crippen LogP contribution in [0.1, 0.15) is 5.56 Å². The summed E-state index contributed by atoms with van der Waals surface area (Å²) in [6.07, 6.45) is 2.81. The Labute approximate surface area is 139 Å². The Morgan fingerprint density at radius 3 is 2.21 bits per heavy atom. The van der Waals surface area contributed by atoms with Gasteiger partial charge in [-0.3, -0.25) is 0 Å². The van der Waals surface area contributed by atoms with Gasteiger partial charge in [0.05, 0.1) is 0 Å². The molecule has 0 heterocycles. The van der Waals surface area contributed by atoms with E-state index in [4.69, 9.17) is 4.74 Å². The highest BCUT2D eigenvalue weighted by Crippen LogP contribution is 2.23. The van der Waals surface area contributed by atoms with Crippen molar-refractivity contribution < 1.29 is 13.9 Å². The highest BCUT2D eigenvalue weighted by molar-refractivity contribution is 5.88. The van der Waals surface area contributed by atoms with Gasteiger partial charge in [0.25, 0.3) is 0 Å². The Hall–Kier alpha value is -3.20. The quantitative estimate of drug-likeness (QED) is 0.379. The fourth-order valence-electron chi connectivity index (χ4n) is 2.29. The summed E-state index contributed by atoms with van der Waals surface area (Å²) in [5, 5.41) is 0. The first kappa shape index (κ1) is 15.7. The van der Waals surface area contributed by atoms with E-state index in [1.165, 1.54) is 18.2 Å². The van der Waals surface area contributed by atoms with E-state index in [2.05, 4.69) is 0 Å². The van der Waals surface area contributed by atoms with E-state index in [1.54, 1.807) is 36.4 Å². The minimum Gasteiger partial charge on any atom is -0.423 e. The number of ether oxygens (including phenoxy) is 1. The number of rotatable bonds is 4. The van der Waals surface area contributed by atoms with Gasteiger partial charge in [-0.2, -0.15) is 0 Å². The maximum Gasteiger partial charge on any atom is 0.336 e. The second-order valence-corrected chi connectivity index (χ2v) is 5.17. The molecule has 0 saturated heterocycles. The van der Waals surface area contributed by atoms with Gasteiger partial charge < -0.3 is 4.74 Å². The first-order chi connectivity index (χ1) is 11.7. The van der Waals surface area contributed by atoms with E-state index in [-0.39, 0.29) is 5.82 Å². The number of carbonyl (C=O) groups excluding carboxylic acids is 1. The lowest BCUT2D eigenvalue weighted by molar-refractivity contribution is -0.128. The van der Waals surface area contributed by atoms with Crippen molar-refractivity contribution in [2.45, 2.75) is 0 Å². The highest BCUT2D eigenvalue weighted by atomic mass is 19.1. The van der Waals surface area contributed by atoms with Crippen LogP contribution in [0.3, 0.4) is 0 Å². The van der Waals surface area contributed by atoms with Crippen molar-refractivity contribution in [3.63, 3.8) is 0 Å². The predicted octanol–water partition coefficient (Wildman–Crippen LogP) is 5.11. The largest absolute Gasteiger partial charge is 0.423 e. The molecule has 0 aromatic heterocycles. The van der Waals surface area contributed by atoms with Gasteiger partial charge in [0.1, 0.15) is 11.6 Å². The Bertz CT molecular complexity index is 856. The molecule has 0 aliphatic rings. The van der Waals surface area contributed by atoms with Crippen LogP contribution in [-0.4, -0.2) is 5.97 Å². The summed E-state index contributed by atoms with van der Waals surface area (Å²) in [5.41, 5.74) is 1.94. The molecule has 0 unspecified atom stereocenters. The van der Waals surface area contributed by atoms with Crippen molar-refractivity contribution in [3.8, 4) is 16.9 Å². The van der Waals surface area contributed by atoms with E-state index < -0.39 is 5.97 Å². The van der Waals surface area contributed by atoms with Crippen LogP contribution in [0.5, 0.6) is 5.75 Å². The van der Waals surface area contributed by atoms with Gasteiger partial charge in [-0.15, -0.1) is 0 Å². The van der Waals surface area contributed by atoms with E-state index in [1.807, 2.05) is 36.4 Å². The van der Waals surface area contributed by atoms with Crippen LogP contribution in [0.15, 0.2) is 84.9 Å². The SMILES string of the molecule is O=C(/C=C/c1ccc(-c2ccccc2)c(F)c1)Oc1ccccc1. The zero-order valence-corrected chi connectivity index (χ0v) is 12.9. The molecule has 3 rings (SSSR count). The predicted molar refractivity (Wildman–Crippen MR) is 92.9 cm³/mol. The fraction of sp³-hybridized carbons (Fsp3) is 0. The molecule has 0 amide bonds. The Kier molecular flexibility index (Phi) is 4.82. The monoisotopic (exact) mass is 318 g/mol. The molecule has 0 radical (unpaired) electrons. The molecule has 0 aliphatic carbocycles. The molecule has 24 heavy (non-hydrogen) atoms. The average molecular weight is 318 g/mol. The Balaban J connectivity index is 1.72. The second-order valence-electron chi connectivity index (χ2n) is 5.17. The maximum absolute atomic E-state index is 14.3. The smallest absolute Gasteiger partial charge is 0.336 e. The number of para-hydroxylation sites is 1. The van der Waals surface area contributed by atoms with E-state index >= 15 is 0 Å². The third kappa shape index (κ3) is 3.96. The van der Waals surface area contributed by atoms with Crippen molar-refractivity contribution >= 4 is 12.0 Å². The molecule has 3 aromatic rings. The first-order valence-corrected chi connectivity index (χ1v) is 7.52. The molecule has 0 atom stereocenters. The zero-order valence-electron chi connectivity index (χ0n) is 12.9. The van der Waals surface area contributed by atoms with Crippen LogP contribution in [0, 0.1) is 5.82 Å². The second kappa shape index (κ2) is 7.38. The van der Waals surface area contributed by atoms with Crippen molar-refractivity contribution in [1.29, 1.82) is 0 Å². The standard InChI is InChI=1S/C21H15FO2/c22-20-15-16(11-13-19(20)17-7-3-1-4-8-17)12-14-21(23)24-18-9-5-2-6-10-18/h1-15H/b14-12+. The van der Waals surface area contributed by atoms with Gasteiger partial charge in [0, 0.05) is 11.6 Å². The lowest BCUT2D eigenvalue weighted by Gasteiger charge is -2.04. The van der Waals surface area contributed by atoms with E-state index in [0.29, 0.717) is 16.9 Å². The summed E-state index contributed by atoms with van der Waals surface area (Å²) < 4.78 is 19.4. The van der Waals surface area contributed by atoms with Gasteiger partial charge in [0.15, 0.2) is 0 Å². The summed E-state index contributed by atoms with van der Waals surface area (Å²) in [7, 11) is 0. The van der Waals surface area contributed by atoms with Crippen molar-refractivity contribution in [2.24, 2.45) is 0 Å². The van der Waals surface area contributed by atoms with Crippen LogP contribution in [0.25, 0.3) is 17.2 Å². The van der Waals surface area contributed by atoms with Crippen LogP contribution in [-0.2, 0) is 4.79 Å². The number of benzene rings is 3. The van der Waals surface area contributed by atoms with Crippen molar-refractivity contribution in [1.82, 2.24) is 0 Å². The normalized spacial score (nSPS) is 10.7. The number of esters is 1. The highest BCUT2D eigenvalue weighted by Gasteiger charge is 2.05. The van der Waals surface area contributed by atoms with E-state index in [9.17, 15) is 9.18 Å². The molecule has 118 valence electrons. The molecule has 0 N–H and O–H groups in total. The number of carbonyl (C=O) groups is 1. The third-order valence-electron chi connectivity index (χ3n) is 3.45. The lowest BCUT2D eigenvalue weighted by Crippen LogP contribution is -2.03. The molecular formula is C21H15FO2. The van der Waals surface area contributed by atoms with Gasteiger partial charge in [0.2, 0.25) is 0 Å². The van der Waals surface area contributed by atoms with Gasteiger partial charge in [-0.25, -0.2) is 9.18 Å². The molecule has 3 aromatic carbocycles. The number of hydrogen-bond donors (Lipinski definition) is 0. The summed E-state index contributed by atoms with van der Waals surface area (Å²) in [6.45, 7) is 0. The van der Waals surface area contributed by atoms with Crippen LogP contribution >= 0.6 is 0 Å². The fourth-order valence-corrected chi connectivity index (χ4v) is 2.29. The van der Waals surface area contributed by atoms with Crippen molar-refractivity contribution in [2.75, 3.05) is 0 Å². The third-order valence-corrected chi connectivity index (χ3v) is 3.45. The first-order valence-electron chi connectivity index (χ1n) is 7.52. The number of halogens is 1. The Morgan fingerprint density at radius 2 is 1.54 bits per heavy atom. The molecule has 3 heteroatoms. The molecule has 0 saturated carbocycles. The Morgan fingerprint density at radius 1 is 0.875 bits per heavy atom. The topological polar surface area (TPSA) is 26.3 Å². The summed E-state index contributed by atoms with van der Waals surface area (Å²) in [4.78, 5) is 11.8. The maximum atomic E-state index is 14.3. The summed E-state index contributed by atoms with van der Waals surface area (Å²) >= 11 is 0. The van der Waals surface area contributed by atoms with Crippen LogP contribution < -0.4 is 4.74 Å². The molecule has 0 aliphatic heterocycles. The average Bonchev–Trinajstić information content (AvgIpc) is 2.62. The number of hydrogen-bond acceptors (Lipinski definition) is 2.